The zero-order valence-corrected chi connectivity index (χ0v) is 11.5. The molecule has 2 aliphatic rings. The van der Waals surface area contributed by atoms with Crippen molar-refractivity contribution in [3.05, 3.63) is 23.5 Å². The molecule has 8 heteroatoms. The number of hydrogen-bond acceptors (Lipinski definition) is 4. The topological polar surface area (TPSA) is 60.4 Å². The Bertz CT molecular complexity index is 601. The maximum absolute atomic E-state index is 12.2. The van der Waals surface area contributed by atoms with E-state index in [9.17, 15) is 26.4 Å². The predicted molar refractivity (Wildman–Crippen MR) is 63.8 cm³/mol. The normalized spacial score (nSPS) is 27.5. The summed E-state index contributed by atoms with van der Waals surface area (Å²) in [4.78, 5) is 11.9. The van der Waals surface area contributed by atoms with Gasteiger partial charge in [0.1, 0.15) is 11.5 Å². The molecule has 2 rings (SSSR count). The molecule has 0 bridgehead atoms. The molecule has 112 valence electrons. The van der Waals surface area contributed by atoms with Gasteiger partial charge in [-0.3, -0.25) is 4.79 Å². The molecule has 0 saturated heterocycles. The highest BCUT2D eigenvalue weighted by Crippen LogP contribution is 2.44. The Balaban J connectivity index is 2.28. The van der Waals surface area contributed by atoms with E-state index in [1.165, 1.54) is 6.08 Å². The minimum Gasteiger partial charge on any atom is -0.381 e. The molecule has 0 saturated carbocycles. The third-order valence-electron chi connectivity index (χ3n) is 3.68. The molecule has 0 heterocycles. The average Bonchev–Trinajstić information content (AvgIpc) is 2.30. The number of Topliss-reactive ketones (excluding diaryl/α,β-unsaturated/α-hetero) is 1. The molecule has 0 unspecified atom stereocenters. The summed E-state index contributed by atoms with van der Waals surface area (Å²) in [5, 5.41) is 0. The summed E-state index contributed by atoms with van der Waals surface area (Å²) >= 11 is 0. The lowest BCUT2D eigenvalue weighted by atomic mass is 9.67. The average molecular weight is 310 g/mol. The van der Waals surface area contributed by atoms with E-state index in [0.29, 0.717) is 18.4 Å². The van der Waals surface area contributed by atoms with Crippen LogP contribution in [0.25, 0.3) is 0 Å². The summed E-state index contributed by atoms with van der Waals surface area (Å²) in [6.07, 6.45) is 4.10. The summed E-state index contributed by atoms with van der Waals surface area (Å²) in [5.74, 6) is -0.260. The highest BCUT2D eigenvalue weighted by atomic mass is 32.2. The molecule has 1 atom stereocenters. The van der Waals surface area contributed by atoms with Crippen molar-refractivity contribution in [1.82, 2.24) is 0 Å². The van der Waals surface area contributed by atoms with E-state index in [1.54, 1.807) is 13.0 Å². The van der Waals surface area contributed by atoms with Gasteiger partial charge in [0.25, 0.3) is 0 Å². The molecule has 0 radical (unpaired) electrons. The number of carbonyl (C=O) groups excluding carboxylic acids is 1. The number of carbonyl (C=O) groups is 1. The minimum atomic E-state index is -5.65. The third-order valence-corrected chi connectivity index (χ3v) is 4.68. The van der Waals surface area contributed by atoms with Gasteiger partial charge in [0, 0.05) is 12.8 Å². The molecule has 0 aromatic rings. The number of ketones is 1. The van der Waals surface area contributed by atoms with Gasteiger partial charge in [-0.1, -0.05) is 6.08 Å². The quantitative estimate of drug-likeness (QED) is 0.581. The van der Waals surface area contributed by atoms with E-state index in [2.05, 4.69) is 4.18 Å². The largest absolute Gasteiger partial charge is 0.534 e. The van der Waals surface area contributed by atoms with Gasteiger partial charge in [0.2, 0.25) is 0 Å². The van der Waals surface area contributed by atoms with E-state index in [1.807, 2.05) is 0 Å². The Morgan fingerprint density at radius 3 is 2.55 bits per heavy atom. The number of hydrogen-bond donors (Lipinski definition) is 0. The Morgan fingerprint density at radius 1 is 1.30 bits per heavy atom. The van der Waals surface area contributed by atoms with Gasteiger partial charge in [-0.15, -0.1) is 0 Å². The monoisotopic (exact) mass is 310 g/mol. The summed E-state index contributed by atoms with van der Waals surface area (Å²) in [5.41, 5.74) is -5.66. The van der Waals surface area contributed by atoms with Gasteiger partial charge in [0.05, 0.1) is 5.41 Å². The molecule has 0 aromatic heterocycles. The van der Waals surface area contributed by atoms with E-state index >= 15 is 0 Å². The van der Waals surface area contributed by atoms with Gasteiger partial charge >= 0.3 is 15.6 Å². The van der Waals surface area contributed by atoms with Crippen LogP contribution >= 0.6 is 0 Å². The van der Waals surface area contributed by atoms with Gasteiger partial charge in [0.15, 0.2) is 0 Å². The Hall–Kier alpha value is -1.31. The zero-order valence-electron chi connectivity index (χ0n) is 10.7. The number of alkyl halides is 3. The first-order valence-electron chi connectivity index (χ1n) is 6.01. The van der Waals surface area contributed by atoms with Crippen LogP contribution in [-0.4, -0.2) is 19.7 Å². The van der Waals surface area contributed by atoms with Crippen LogP contribution in [0, 0.1) is 5.41 Å². The maximum atomic E-state index is 12.2. The lowest BCUT2D eigenvalue weighted by Gasteiger charge is -2.36. The van der Waals surface area contributed by atoms with Crippen molar-refractivity contribution in [2.24, 2.45) is 5.41 Å². The SMILES string of the molecule is C[C@]12CCC(OS(=O)(=O)C(F)(F)F)=CC1=CCCC2=O. The molecule has 0 aromatic carbocycles. The fraction of sp³-hybridized carbons (Fsp3) is 0.583. The summed E-state index contributed by atoms with van der Waals surface area (Å²) in [6, 6.07) is 0. The Kier molecular flexibility index (Phi) is 3.48. The second-order valence-electron chi connectivity index (χ2n) is 5.05. The minimum absolute atomic E-state index is 0.0176. The summed E-state index contributed by atoms with van der Waals surface area (Å²) < 4.78 is 62.8. The Labute approximate surface area is 114 Å². The maximum Gasteiger partial charge on any atom is 0.534 e. The van der Waals surface area contributed by atoms with Crippen molar-refractivity contribution in [2.45, 2.75) is 38.1 Å². The molecule has 0 N–H and O–H groups in total. The number of fused-ring (bicyclic) bond motifs is 1. The highest BCUT2D eigenvalue weighted by Gasteiger charge is 2.49. The van der Waals surface area contributed by atoms with Crippen molar-refractivity contribution in [1.29, 1.82) is 0 Å². The standard InChI is InChI=1S/C12H13F3O4S/c1-11-6-5-9(19-20(17,18)12(13,14)15)7-8(11)3-2-4-10(11)16/h3,7H,2,4-6H2,1H3/t11-/m0/s1. The Morgan fingerprint density at radius 2 is 1.95 bits per heavy atom. The number of halogens is 3. The molecule has 0 aliphatic heterocycles. The lowest BCUT2D eigenvalue weighted by molar-refractivity contribution is -0.126. The van der Waals surface area contributed by atoms with E-state index in [-0.39, 0.29) is 24.4 Å². The predicted octanol–water partition coefficient (Wildman–Crippen LogP) is 2.83. The van der Waals surface area contributed by atoms with E-state index in [4.69, 9.17) is 0 Å². The third kappa shape index (κ3) is 2.48. The van der Waals surface area contributed by atoms with Crippen molar-refractivity contribution in [2.75, 3.05) is 0 Å². The van der Waals surface area contributed by atoms with Crippen molar-refractivity contribution in [3.8, 4) is 0 Å². The molecular formula is C12H13F3O4S. The molecule has 20 heavy (non-hydrogen) atoms. The molecule has 0 spiro atoms. The van der Waals surface area contributed by atoms with Crippen LogP contribution in [0.3, 0.4) is 0 Å². The fourth-order valence-corrected chi connectivity index (χ4v) is 2.90. The van der Waals surface area contributed by atoms with Crippen LogP contribution in [0.4, 0.5) is 13.2 Å². The van der Waals surface area contributed by atoms with Gasteiger partial charge in [-0.05, 0) is 31.4 Å². The van der Waals surface area contributed by atoms with Crippen LogP contribution < -0.4 is 0 Å². The number of rotatable bonds is 2. The second-order valence-corrected chi connectivity index (χ2v) is 6.59. The highest BCUT2D eigenvalue weighted by molar-refractivity contribution is 7.87. The molecule has 2 aliphatic carbocycles. The van der Waals surface area contributed by atoms with E-state index < -0.39 is 21.0 Å². The van der Waals surface area contributed by atoms with Crippen LogP contribution in [-0.2, 0) is 19.1 Å². The smallest absolute Gasteiger partial charge is 0.381 e. The van der Waals surface area contributed by atoms with Gasteiger partial charge < -0.3 is 4.18 Å². The summed E-state index contributed by atoms with van der Waals surface area (Å²) in [6.45, 7) is 1.71. The van der Waals surface area contributed by atoms with Crippen LogP contribution in [0.15, 0.2) is 23.5 Å². The lowest BCUT2D eigenvalue weighted by Crippen LogP contribution is -2.35. The van der Waals surface area contributed by atoms with Crippen LogP contribution in [0.2, 0.25) is 0 Å². The number of allylic oxidation sites excluding steroid dienone is 4. The molecular weight excluding hydrogens is 297 g/mol. The first-order chi connectivity index (χ1) is 9.06. The first kappa shape index (κ1) is 15.1. The van der Waals surface area contributed by atoms with E-state index in [0.717, 1.165) is 0 Å². The van der Waals surface area contributed by atoms with Crippen molar-refractivity contribution < 1.29 is 30.6 Å². The molecule has 0 amide bonds. The molecule has 4 nitrogen and oxygen atoms in total. The fourth-order valence-electron chi connectivity index (χ4n) is 2.40. The first-order valence-corrected chi connectivity index (χ1v) is 7.42. The zero-order chi connectivity index (χ0) is 15.2. The van der Waals surface area contributed by atoms with Gasteiger partial charge in [-0.25, -0.2) is 0 Å². The molecule has 0 fully saturated rings. The summed E-state index contributed by atoms with van der Waals surface area (Å²) in [7, 11) is -5.65. The van der Waals surface area contributed by atoms with Crippen LogP contribution in [0.1, 0.15) is 32.6 Å². The van der Waals surface area contributed by atoms with Crippen LogP contribution in [0.5, 0.6) is 0 Å². The van der Waals surface area contributed by atoms with Crippen molar-refractivity contribution >= 4 is 15.9 Å². The van der Waals surface area contributed by atoms with Crippen molar-refractivity contribution in [3.63, 3.8) is 0 Å². The van der Waals surface area contributed by atoms with Gasteiger partial charge in [-0.2, -0.15) is 21.6 Å². The second kappa shape index (κ2) is 4.61.